The highest BCUT2D eigenvalue weighted by Crippen LogP contribution is 2.37. The molecule has 0 radical (unpaired) electrons. The van der Waals surface area contributed by atoms with Gasteiger partial charge in [0, 0.05) is 18.8 Å². The summed E-state index contributed by atoms with van der Waals surface area (Å²) in [6.07, 6.45) is 3.68. The summed E-state index contributed by atoms with van der Waals surface area (Å²) in [6, 6.07) is 10.4. The van der Waals surface area contributed by atoms with Crippen molar-refractivity contribution in [2.45, 2.75) is 38.1 Å². The Morgan fingerprint density at radius 2 is 2.14 bits per heavy atom. The first-order valence-electron chi connectivity index (χ1n) is 7.79. The number of nitrogens with zero attached hydrogens (tertiary/aromatic N) is 1. The van der Waals surface area contributed by atoms with E-state index in [9.17, 15) is 4.79 Å². The summed E-state index contributed by atoms with van der Waals surface area (Å²) >= 11 is 0. The number of hydrogen-bond acceptors (Lipinski definition) is 4. The number of carbonyl (C=O) groups is 1. The molecular formula is C17H26N2O2. The SMILES string of the molecule is CCN(CCC1CCCC1(N)C(=O)OC)c1ccccc1. The highest BCUT2D eigenvalue weighted by molar-refractivity contribution is 5.81. The van der Waals surface area contributed by atoms with Crippen molar-refractivity contribution in [3.63, 3.8) is 0 Å². The predicted octanol–water partition coefficient (Wildman–Crippen LogP) is 2.57. The Bertz CT molecular complexity index is 463. The number of carbonyl (C=O) groups excluding carboxylic acids is 1. The lowest BCUT2D eigenvalue weighted by Crippen LogP contribution is -2.52. The number of esters is 1. The minimum Gasteiger partial charge on any atom is -0.468 e. The average Bonchev–Trinajstić information content (AvgIpc) is 2.90. The Morgan fingerprint density at radius 3 is 2.76 bits per heavy atom. The molecule has 1 aromatic carbocycles. The zero-order valence-electron chi connectivity index (χ0n) is 13.0. The number of hydrogen-bond donors (Lipinski definition) is 1. The minimum absolute atomic E-state index is 0.211. The van der Waals surface area contributed by atoms with E-state index in [1.54, 1.807) is 0 Å². The largest absolute Gasteiger partial charge is 0.468 e. The standard InChI is InChI=1S/C17H26N2O2/c1-3-19(15-9-5-4-6-10-15)13-11-14-8-7-12-17(14,18)16(20)21-2/h4-6,9-10,14H,3,7-8,11-13,18H2,1-2H3. The smallest absolute Gasteiger partial charge is 0.326 e. The van der Waals surface area contributed by atoms with Crippen molar-refractivity contribution in [1.29, 1.82) is 0 Å². The quantitative estimate of drug-likeness (QED) is 0.818. The Labute approximate surface area is 127 Å². The van der Waals surface area contributed by atoms with E-state index in [0.717, 1.165) is 38.8 Å². The first-order valence-corrected chi connectivity index (χ1v) is 7.79. The molecule has 116 valence electrons. The van der Waals surface area contributed by atoms with E-state index in [1.165, 1.54) is 12.8 Å². The van der Waals surface area contributed by atoms with Crippen molar-refractivity contribution in [1.82, 2.24) is 0 Å². The van der Waals surface area contributed by atoms with Crippen molar-refractivity contribution in [2.75, 3.05) is 25.1 Å². The molecule has 2 unspecified atom stereocenters. The molecule has 0 amide bonds. The predicted molar refractivity (Wildman–Crippen MR) is 85.2 cm³/mol. The first-order chi connectivity index (χ1) is 10.1. The van der Waals surface area contributed by atoms with Gasteiger partial charge in [-0.1, -0.05) is 24.6 Å². The van der Waals surface area contributed by atoms with Crippen LogP contribution in [0.25, 0.3) is 0 Å². The summed E-state index contributed by atoms with van der Waals surface area (Å²) in [5.74, 6) is -0.0459. The van der Waals surface area contributed by atoms with Crippen LogP contribution in [-0.2, 0) is 9.53 Å². The van der Waals surface area contributed by atoms with Gasteiger partial charge in [-0.3, -0.25) is 4.79 Å². The number of rotatable bonds is 6. The maximum Gasteiger partial charge on any atom is 0.326 e. The van der Waals surface area contributed by atoms with E-state index >= 15 is 0 Å². The van der Waals surface area contributed by atoms with Gasteiger partial charge in [0.1, 0.15) is 5.54 Å². The molecular weight excluding hydrogens is 264 g/mol. The summed E-state index contributed by atoms with van der Waals surface area (Å²) < 4.78 is 4.91. The highest BCUT2D eigenvalue weighted by Gasteiger charge is 2.46. The third-order valence-electron chi connectivity index (χ3n) is 4.69. The highest BCUT2D eigenvalue weighted by atomic mass is 16.5. The Balaban J connectivity index is 1.99. The summed E-state index contributed by atoms with van der Waals surface area (Å²) in [5, 5.41) is 0. The summed E-state index contributed by atoms with van der Waals surface area (Å²) in [5.41, 5.74) is 6.76. The molecule has 2 atom stereocenters. The lowest BCUT2D eigenvalue weighted by Gasteiger charge is -2.31. The van der Waals surface area contributed by atoms with Crippen LogP contribution in [0.2, 0.25) is 0 Å². The molecule has 4 heteroatoms. The van der Waals surface area contributed by atoms with Gasteiger partial charge in [0.25, 0.3) is 0 Å². The number of methoxy groups -OCH3 is 1. The molecule has 2 rings (SSSR count). The van der Waals surface area contributed by atoms with Crippen molar-refractivity contribution >= 4 is 11.7 Å². The van der Waals surface area contributed by atoms with Gasteiger partial charge in [0.05, 0.1) is 7.11 Å². The van der Waals surface area contributed by atoms with Gasteiger partial charge in [-0.15, -0.1) is 0 Å². The minimum atomic E-state index is -0.787. The molecule has 1 fully saturated rings. The normalized spacial score (nSPS) is 24.8. The third kappa shape index (κ3) is 3.38. The molecule has 1 aliphatic rings. The van der Waals surface area contributed by atoms with Crippen LogP contribution in [0.15, 0.2) is 30.3 Å². The van der Waals surface area contributed by atoms with Crippen LogP contribution >= 0.6 is 0 Å². The van der Waals surface area contributed by atoms with Gasteiger partial charge in [-0.05, 0) is 44.2 Å². The third-order valence-corrected chi connectivity index (χ3v) is 4.69. The second-order valence-electron chi connectivity index (χ2n) is 5.82. The van der Waals surface area contributed by atoms with Crippen molar-refractivity contribution < 1.29 is 9.53 Å². The number of para-hydroxylation sites is 1. The second kappa shape index (κ2) is 6.94. The monoisotopic (exact) mass is 290 g/mol. The Hall–Kier alpha value is -1.55. The van der Waals surface area contributed by atoms with Crippen LogP contribution < -0.4 is 10.6 Å². The molecule has 0 bridgehead atoms. The maximum atomic E-state index is 12.0. The van der Waals surface area contributed by atoms with Gasteiger partial charge in [-0.25, -0.2) is 0 Å². The van der Waals surface area contributed by atoms with Crippen LogP contribution in [0.3, 0.4) is 0 Å². The molecule has 1 saturated carbocycles. The van der Waals surface area contributed by atoms with E-state index in [0.29, 0.717) is 0 Å². The molecule has 0 saturated heterocycles. The van der Waals surface area contributed by atoms with E-state index in [-0.39, 0.29) is 11.9 Å². The molecule has 4 nitrogen and oxygen atoms in total. The van der Waals surface area contributed by atoms with Crippen LogP contribution in [0.1, 0.15) is 32.6 Å². The number of benzene rings is 1. The van der Waals surface area contributed by atoms with Gasteiger partial charge in [0.2, 0.25) is 0 Å². The fourth-order valence-electron chi connectivity index (χ4n) is 3.38. The summed E-state index contributed by atoms with van der Waals surface area (Å²) in [6.45, 7) is 4.02. The Kier molecular flexibility index (Phi) is 5.23. The first kappa shape index (κ1) is 15.8. The van der Waals surface area contributed by atoms with Gasteiger partial charge >= 0.3 is 5.97 Å². The number of nitrogens with two attached hydrogens (primary N) is 1. The van der Waals surface area contributed by atoms with Crippen molar-refractivity contribution in [3.05, 3.63) is 30.3 Å². The lowest BCUT2D eigenvalue weighted by molar-refractivity contribution is -0.148. The zero-order chi connectivity index (χ0) is 15.3. The van der Waals surface area contributed by atoms with E-state index in [2.05, 4.69) is 36.1 Å². The average molecular weight is 290 g/mol. The van der Waals surface area contributed by atoms with Crippen molar-refractivity contribution in [3.8, 4) is 0 Å². The summed E-state index contributed by atoms with van der Waals surface area (Å²) in [4.78, 5) is 14.3. The molecule has 2 N–H and O–H groups in total. The maximum absolute atomic E-state index is 12.0. The number of anilines is 1. The molecule has 0 heterocycles. The Morgan fingerprint density at radius 1 is 1.43 bits per heavy atom. The summed E-state index contributed by atoms with van der Waals surface area (Å²) in [7, 11) is 1.43. The molecule has 0 aliphatic heterocycles. The fourth-order valence-corrected chi connectivity index (χ4v) is 3.38. The number of ether oxygens (including phenoxy) is 1. The van der Waals surface area contributed by atoms with Gasteiger partial charge < -0.3 is 15.4 Å². The zero-order valence-corrected chi connectivity index (χ0v) is 13.0. The molecule has 1 aromatic rings. The van der Waals surface area contributed by atoms with Crippen LogP contribution in [0.4, 0.5) is 5.69 Å². The fraction of sp³-hybridized carbons (Fsp3) is 0.588. The molecule has 0 aromatic heterocycles. The van der Waals surface area contributed by atoms with Crippen molar-refractivity contribution in [2.24, 2.45) is 11.7 Å². The lowest BCUT2D eigenvalue weighted by atomic mass is 9.85. The van der Waals surface area contributed by atoms with E-state index in [4.69, 9.17) is 10.5 Å². The van der Waals surface area contributed by atoms with Crippen LogP contribution in [-0.4, -0.2) is 31.7 Å². The molecule has 0 spiro atoms. The van der Waals surface area contributed by atoms with Crippen LogP contribution in [0.5, 0.6) is 0 Å². The van der Waals surface area contributed by atoms with E-state index in [1.807, 2.05) is 6.07 Å². The van der Waals surface area contributed by atoms with Gasteiger partial charge in [-0.2, -0.15) is 0 Å². The van der Waals surface area contributed by atoms with Gasteiger partial charge in [0.15, 0.2) is 0 Å². The van der Waals surface area contributed by atoms with Crippen LogP contribution in [0, 0.1) is 5.92 Å². The molecule has 21 heavy (non-hydrogen) atoms. The van der Waals surface area contributed by atoms with E-state index < -0.39 is 5.54 Å². The second-order valence-corrected chi connectivity index (χ2v) is 5.82. The topological polar surface area (TPSA) is 55.6 Å². The molecule has 1 aliphatic carbocycles.